The van der Waals surface area contributed by atoms with Crippen LogP contribution in [-0.2, 0) is 14.4 Å². The summed E-state index contributed by atoms with van der Waals surface area (Å²) in [6, 6.07) is 14.1. The van der Waals surface area contributed by atoms with Gasteiger partial charge in [-0.3, -0.25) is 14.6 Å². The second-order valence-corrected chi connectivity index (χ2v) is 12.8. The molecule has 53 heavy (non-hydrogen) atoms. The van der Waals surface area contributed by atoms with Gasteiger partial charge in [0.15, 0.2) is 23.1 Å². The van der Waals surface area contributed by atoms with Gasteiger partial charge in [-0.05, 0) is 101 Å². The molecule has 1 saturated carbocycles. The van der Waals surface area contributed by atoms with Crippen LogP contribution in [0.2, 0.25) is 0 Å². The number of benzene rings is 3. The molecule has 0 unspecified atom stereocenters. The number of nitrogens with one attached hydrogen (secondary N) is 3. The Hall–Kier alpha value is -5.30. The number of hydrogen-bond donors (Lipinski definition) is 3. The van der Waals surface area contributed by atoms with Crippen molar-refractivity contribution in [1.82, 2.24) is 4.98 Å². The second kappa shape index (κ2) is 19.5. The molecule has 1 heterocycles. The Bertz CT molecular complexity index is 1840. The van der Waals surface area contributed by atoms with Crippen molar-refractivity contribution in [2.75, 3.05) is 44.0 Å². The standard InChI is InChI=1S/C34H33F2N3O7.C6H15N/c1-44-29-19-24-26(20-30(29)45-17-5-3-2-4-6-31(40)41)37-16-13-27(24)46-28-12-11-23(18-25(28)36)39-33(43)34(14-15-34)32(42)38-22-9-7-21(35)8-10-22;1-4-7(5-2)6-3/h7-13,16,18-20H,2-6,14-15,17H2,1H3,(H,38,42)(H,39,43)(H,40,41);4-6H2,1-3H3. The van der Waals surface area contributed by atoms with Gasteiger partial charge in [-0.25, -0.2) is 8.78 Å². The third kappa shape index (κ3) is 11.3. The average molecular weight is 735 g/mol. The fourth-order valence-electron chi connectivity index (χ4n) is 5.64. The van der Waals surface area contributed by atoms with Gasteiger partial charge < -0.3 is 39.6 Å². The third-order valence-corrected chi connectivity index (χ3v) is 9.15. The maximum atomic E-state index is 15.2. The van der Waals surface area contributed by atoms with E-state index in [0.717, 1.165) is 25.3 Å². The highest BCUT2D eigenvalue weighted by atomic mass is 19.1. The van der Waals surface area contributed by atoms with Crippen molar-refractivity contribution in [2.24, 2.45) is 5.41 Å². The van der Waals surface area contributed by atoms with Crippen molar-refractivity contribution in [2.45, 2.75) is 65.7 Å². The fourth-order valence-corrected chi connectivity index (χ4v) is 5.64. The molecular formula is C40H48F2N4O7. The van der Waals surface area contributed by atoms with Crippen molar-refractivity contribution in [3.05, 3.63) is 78.5 Å². The maximum Gasteiger partial charge on any atom is 0.240 e. The number of halogens is 2. The lowest BCUT2D eigenvalue weighted by Gasteiger charge is -2.16. The highest BCUT2D eigenvalue weighted by Crippen LogP contribution is 2.47. The van der Waals surface area contributed by atoms with E-state index in [0.29, 0.717) is 59.7 Å². The van der Waals surface area contributed by atoms with Gasteiger partial charge in [-0.2, -0.15) is 0 Å². The Morgan fingerprint density at radius 1 is 0.792 bits per heavy atom. The van der Waals surface area contributed by atoms with Crippen LogP contribution < -0.4 is 34.9 Å². The van der Waals surface area contributed by atoms with Crippen LogP contribution >= 0.6 is 0 Å². The molecule has 3 N–H and O–H groups in total. The summed E-state index contributed by atoms with van der Waals surface area (Å²) < 4.78 is 45.7. The van der Waals surface area contributed by atoms with Gasteiger partial charge in [0.05, 0.1) is 38.9 Å². The van der Waals surface area contributed by atoms with Crippen molar-refractivity contribution < 1.29 is 47.4 Å². The van der Waals surface area contributed by atoms with E-state index in [2.05, 4.69) is 36.4 Å². The number of anilines is 2. The SMILES string of the molecule is CC[NH+](CC)CC.COc1cc2c(Oc3ccc(NC(=O)C4(C(=O)Nc5ccc(F)cc5)CC4)cc3F)ccnc2cc1OCCCCCCC(=O)[O-]. The molecule has 1 fully saturated rings. The molecule has 1 aliphatic carbocycles. The van der Waals surface area contributed by atoms with E-state index in [1.807, 2.05) is 0 Å². The van der Waals surface area contributed by atoms with Crippen molar-refractivity contribution >= 4 is 40.1 Å². The summed E-state index contributed by atoms with van der Waals surface area (Å²) in [5.41, 5.74) is -0.252. The number of amides is 2. The first-order valence-corrected chi connectivity index (χ1v) is 18.0. The zero-order valence-electron chi connectivity index (χ0n) is 30.7. The molecule has 0 atom stereocenters. The lowest BCUT2D eigenvalue weighted by molar-refractivity contribution is -0.894. The number of quaternary nitrogens is 1. The number of nitrogens with zero attached hydrogens (tertiary/aromatic N) is 1. The number of aromatic nitrogens is 1. The normalized spacial score (nSPS) is 12.7. The van der Waals surface area contributed by atoms with E-state index in [-0.39, 0.29) is 17.9 Å². The Morgan fingerprint density at radius 2 is 1.43 bits per heavy atom. The number of carboxylic acid groups (broad SMARTS) is 1. The number of pyridine rings is 1. The van der Waals surface area contributed by atoms with Crippen LogP contribution in [0.5, 0.6) is 23.0 Å². The number of ether oxygens (including phenoxy) is 3. The fraction of sp³-hybridized carbons (Fsp3) is 0.400. The van der Waals surface area contributed by atoms with Crippen LogP contribution in [0.1, 0.15) is 65.7 Å². The minimum atomic E-state index is -1.29. The Morgan fingerprint density at radius 3 is 2.02 bits per heavy atom. The molecule has 2 amide bonds. The molecule has 3 aromatic carbocycles. The number of carboxylic acids is 1. The van der Waals surface area contributed by atoms with E-state index >= 15 is 4.39 Å². The van der Waals surface area contributed by atoms with Crippen molar-refractivity contribution in [1.29, 1.82) is 0 Å². The zero-order valence-corrected chi connectivity index (χ0v) is 30.7. The summed E-state index contributed by atoms with van der Waals surface area (Å²) in [4.78, 5) is 42.4. The second-order valence-electron chi connectivity index (χ2n) is 12.8. The molecule has 1 aliphatic rings. The monoisotopic (exact) mass is 734 g/mol. The molecule has 5 rings (SSSR count). The number of unbranched alkanes of at least 4 members (excludes halogenated alkanes) is 3. The van der Waals surface area contributed by atoms with Gasteiger partial charge in [0.1, 0.15) is 17.0 Å². The largest absolute Gasteiger partial charge is 0.550 e. The number of methoxy groups -OCH3 is 1. The van der Waals surface area contributed by atoms with Crippen LogP contribution in [0.3, 0.4) is 0 Å². The molecular weight excluding hydrogens is 686 g/mol. The van der Waals surface area contributed by atoms with E-state index in [1.165, 1.54) is 69.3 Å². The highest BCUT2D eigenvalue weighted by Gasteiger charge is 2.56. The number of aliphatic carboxylic acids is 1. The average Bonchev–Trinajstić information content (AvgIpc) is 3.97. The molecule has 1 aromatic heterocycles. The molecule has 0 saturated heterocycles. The lowest BCUT2D eigenvalue weighted by atomic mass is 10.0. The maximum absolute atomic E-state index is 15.2. The van der Waals surface area contributed by atoms with E-state index in [9.17, 15) is 23.9 Å². The molecule has 4 aromatic rings. The van der Waals surface area contributed by atoms with Crippen LogP contribution in [0.15, 0.2) is 66.9 Å². The minimum Gasteiger partial charge on any atom is -0.550 e. The number of fused-ring (bicyclic) bond motifs is 1. The molecule has 0 radical (unpaired) electrons. The summed E-state index contributed by atoms with van der Waals surface area (Å²) >= 11 is 0. The minimum absolute atomic E-state index is 0.0435. The predicted octanol–water partition coefficient (Wildman–Crippen LogP) is 5.68. The number of rotatable bonds is 18. The van der Waals surface area contributed by atoms with Crippen LogP contribution in [-0.4, -0.2) is 56.1 Å². The predicted molar refractivity (Wildman–Crippen MR) is 196 cm³/mol. The summed E-state index contributed by atoms with van der Waals surface area (Å²) in [5.74, 6) is -2.21. The molecule has 13 heteroatoms. The molecule has 0 bridgehead atoms. The summed E-state index contributed by atoms with van der Waals surface area (Å²) in [6.07, 6.45) is 5.07. The van der Waals surface area contributed by atoms with Crippen LogP contribution in [0, 0.1) is 17.0 Å². The van der Waals surface area contributed by atoms with Gasteiger partial charge in [-0.15, -0.1) is 0 Å². The topological polar surface area (TPSA) is 143 Å². The first-order valence-electron chi connectivity index (χ1n) is 18.0. The Kier molecular flexibility index (Phi) is 14.9. The first kappa shape index (κ1) is 40.5. The zero-order chi connectivity index (χ0) is 38.4. The molecule has 11 nitrogen and oxygen atoms in total. The van der Waals surface area contributed by atoms with Crippen molar-refractivity contribution in [3.8, 4) is 23.0 Å². The summed E-state index contributed by atoms with van der Waals surface area (Å²) in [7, 11) is 1.50. The van der Waals surface area contributed by atoms with Crippen LogP contribution in [0.25, 0.3) is 10.9 Å². The number of carbonyl (C=O) groups is 3. The molecule has 0 aliphatic heterocycles. The van der Waals surface area contributed by atoms with Gasteiger partial charge in [0, 0.05) is 41.1 Å². The molecule has 284 valence electrons. The Balaban J connectivity index is 0.000000815. The van der Waals surface area contributed by atoms with Gasteiger partial charge in [0.25, 0.3) is 0 Å². The van der Waals surface area contributed by atoms with Gasteiger partial charge in [-0.1, -0.05) is 12.8 Å². The van der Waals surface area contributed by atoms with Crippen molar-refractivity contribution in [3.63, 3.8) is 0 Å². The lowest BCUT2D eigenvalue weighted by Crippen LogP contribution is -3.11. The first-order chi connectivity index (χ1) is 25.5. The van der Waals surface area contributed by atoms with E-state index in [4.69, 9.17) is 14.2 Å². The number of carbonyl (C=O) groups excluding carboxylic acids is 3. The summed E-state index contributed by atoms with van der Waals surface area (Å²) in [6.45, 7) is 10.9. The highest BCUT2D eigenvalue weighted by molar-refractivity contribution is 6.16. The van der Waals surface area contributed by atoms with Crippen LogP contribution in [0.4, 0.5) is 20.2 Å². The van der Waals surface area contributed by atoms with Gasteiger partial charge in [0.2, 0.25) is 11.8 Å². The van der Waals surface area contributed by atoms with E-state index < -0.39 is 34.8 Å². The quantitative estimate of drug-likeness (QED) is 0.0876. The Labute approximate surface area is 308 Å². The third-order valence-electron chi connectivity index (χ3n) is 9.15. The smallest absolute Gasteiger partial charge is 0.240 e. The molecule has 0 spiro atoms. The van der Waals surface area contributed by atoms with E-state index in [1.54, 1.807) is 23.1 Å². The summed E-state index contributed by atoms with van der Waals surface area (Å²) in [5, 5.41) is 16.3. The van der Waals surface area contributed by atoms with Gasteiger partial charge >= 0.3 is 0 Å². The number of hydrogen-bond acceptors (Lipinski definition) is 8.